The van der Waals surface area contributed by atoms with Crippen LogP contribution in [0.15, 0.2) is 102 Å². The van der Waals surface area contributed by atoms with E-state index in [9.17, 15) is 24.0 Å². The van der Waals surface area contributed by atoms with Crippen molar-refractivity contribution in [1.29, 1.82) is 0 Å². The maximum Gasteiger partial charge on any atom is 0.273 e. The van der Waals surface area contributed by atoms with Gasteiger partial charge in [-0.05, 0) is 109 Å². The normalized spacial score (nSPS) is 13.8. The molecule has 8 aromatic heterocycles. The number of nitrogens with zero attached hydrogens (tertiary/aromatic N) is 18. The molecule has 0 saturated heterocycles. The number of aromatic nitrogens is 20. The van der Waals surface area contributed by atoms with Gasteiger partial charge in [0.1, 0.15) is 41.0 Å². The molecule has 5 amide bonds. The minimum absolute atomic E-state index is 0.0189. The monoisotopic (exact) mass is 1590 g/mol. The molecule has 11 aromatic rings. The number of hydrogen-bond acceptors (Lipinski definition) is 25. The number of carbonyl (C=O) groups excluding carboxylic acids is 5. The van der Waals surface area contributed by atoms with Crippen LogP contribution < -0.4 is 48.7 Å². The number of anilines is 6. The van der Waals surface area contributed by atoms with E-state index >= 15 is 0 Å². The lowest BCUT2D eigenvalue weighted by Gasteiger charge is -2.14. The van der Waals surface area contributed by atoms with Crippen molar-refractivity contribution in [3.8, 4) is 34.2 Å². The summed E-state index contributed by atoms with van der Waals surface area (Å²) in [6, 6.07) is 22.1. The standard InChI is InChI=1S/C17H16ClN7O.C17H18ClN7O.C16H16ClN7O.C10H12N4.C6H5Cl2N3O.C4H7NO/c1-9-11(16-20-10(2)25(4)24-16)6-5-7-12(9)21-13-8-14(18)22-23-15(13)17(26)19-3;1-9-11(16-20-10(2)24-25(16)4)6-5-7-12(9)21-13-8-14(18)22-23-15(13)17(26)19-3;1-8-10(15-19-9(2)21-24-15)5-4-6-11(8)20-12-7-13(17)22-23-14(12)16(25)18-3;1-6-8(4-3-5-9(6)11)10-12-7(2)13-14-10;1-9-6(12)5-3(7)2-4(8)10-11-5;5-4(6)3-1-2-3/h6-8H,1-4H3,(H-,19,21,22,26);5-8H,1-4H3,(H,19,26)(H,21,22);4-7H,1-3H3,(H,18,25)(H,20,22)(H,19,21,24);3-5H,11H2,1-2H3,(H,12,13,14);2H,1H3,(H,9,12);3H,1-2H2,(H2,5,6)/p+1/i3*3D3;;1D3;. The molecular formula is C70H75Cl5N29O5+. The van der Waals surface area contributed by atoms with Crippen LogP contribution in [0.4, 0.5) is 34.1 Å². The minimum Gasteiger partial charge on any atom is -0.398 e. The van der Waals surface area contributed by atoms with Gasteiger partial charge in [-0.15, -0.1) is 45.9 Å². The molecule has 109 heavy (non-hydrogen) atoms. The molecule has 0 unspecified atom stereocenters. The molecule has 13 N–H and O–H groups in total. The number of carbonyl (C=O) groups is 5. The molecule has 39 heteroatoms. The maximum absolute atomic E-state index is 12.3. The van der Waals surface area contributed by atoms with E-state index in [0.717, 1.165) is 74.7 Å². The summed E-state index contributed by atoms with van der Waals surface area (Å²) in [6.45, 7) is 4.33. The number of H-pyrrole nitrogens is 2. The molecule has 0 bridgehead atoms. The average molecular weight is 1590 g/mol. The highest BCUT2D eigenvalue weighted by Crippen LogP contribution is 2.34. The molecule has 0 radical (unpaired) electrons. The number of rotatable bonds is 15. The second-order valence-electron chi connectivity index (χ2n) is 23.1. The summed E-state index contributed by atoms with van der Waals surface area (Å²) in [6.07, 6.45) is 8.49. The summed E-state index contributed by atoms with van der Waals surface area (Å²) in [4.78, 5) is 75.6. The van der Waals surface area contributed by atoms with Gasteiger partial charge in [0.15, 0.2) is 66.6 Å². The molecule has 34 nitrogen and oxygen atoms in total. The van der Waals surface area contributed by atoms with Crippen molar-refractivity contribution in [3.63, 3.8) is 0 Å². The Morgan fingerprint density at radius 2 is 0.954 bits per heavy atom. The van der Waals surface area contributed by atoms with Gasteiger partial charge in [-0.3, -0.25) is 44.2 Å². The predicted molar refractivity (Wildman–Crippen MR) is 416 cm³/mol. The van der Waals surface area contributed by atoms with Gasteiger partial charge in [0.2, 0.25) is 11.7 Å². The van der Waals surface area contributed by atoms with Crippen molar-refractivity contribution in [2.45, 2.75) is 68.2 Å². The third-order valence-electron chi connectivity index (χ3n) is 15.4. The topological polar surface area (TPSA) is 469 Å². The number of aromatic amines is 2. The number of amides is 5. The summed E-state index contributed by atoms with van der Waals surface area (Å²) in [7, 11) is 3.60. The molecule has 0 spiro atoms. The van der Waals surface area contributed by atoms with Gasteiger partial charge in [-0.25, -0.2) is 19.6 Å². The van der Waals surface area contributed by atoms with Crippen LogP contribution in [-0.4, -0.2) is 158 Å². The van der Waals surface area contributed by atoms with E-state index in [1.54, 1.807) is 66.9 Å². The number of nitrogens with two attached hydrogens (primary N) is 2. The molecule has 0 atom stereocenters. The van der Waals surface area contributed by atoms with Crippen LogP contribution in [0.25, 0.3) is 39.7 Å². The van der Waals surface area contributed by atoms with E-state index in [1.165, 1.54) is 24.3 Å². The fraction of sp³-hybridized carbons (Fsp3) is 0.243. The van der Waals surface area contributed by atoms with Crippen LogP contribution in [0, 0.1) is 60.5 Å². The third kappa shape index (κ3) is 21.7. The smallest absolute Gasteiger partial charge is 0.273 e. The van der Waals surface area contributed by atoms with E-state index in [2.05, 4.69) is 113 Å². The Labute approximate surface area is 666 Å². The number of nitrogen functional groups attached to an aromatic ring is 1. The molecule has 564 valence electrons. The summed E-state index contributed by atoms with van der Waals surface area (Å²) < 4.78 is 88.6. The number of primary amides is 1. The molecule has 1 fully saturated rings. The molecule has 3 aromatic carbocycles. The average Bonchev–Trinajstić information content (AvgIpc) is 1.76. The molecule has 8 heterocycles. The van der Waals surface area contributed by atoms with E-state index in [-0.39, 0.29) is 77.3 Å². The van der Waals surface area contributed by atoms with Crippen molar-refractivity contribution < 1.29 is 40.4 Å². The van der Waals surface area contributed by atoms with Crippen LogP contribution in [0.3, 0.4) is 0 Å². The number of benzene rings is 3. The highest BCUT2D eigenvalue weighted by molar-refractivity contribution is 6.36. The molecule has 0 aliphatic heterocycles. The van der Waals surface area contributed by atoms with E-state index < -0.39 is 51.5 Å². The van der Waals surface area contributed by atoms with Gasteiger partial charge in [0, 0.05) is 122 Å². The number of halogens is 5. The largest absolute Gasteiger partial charge is 0.398 e. The molecule has 2 aliphatic rings. The molecule has 1 saturated carbocycles. The minimum atomic E-state index is -2.66. The van der Waals surface area contributed by atoms with Gasteiger partial charge in [-0.2, -0.15) is 20.3 Å². The van der Waals surface area contributed by atoms with Crippen molar-refractivity contribution in [1.82, 2.24) is 122 Å². The van der Waals surface area contributed by atoms with Gasteiger partial charge in [0.05, 0.1) is 27.7 Å². The van der Waals surface area contributed by atoms with E-state index in [4.69, 9.17) is 85.9 Å². The molecular weight excluding hydrogens is 1500 g/mol. The Balaban J connectivity index is 0.000000189. The van der Waals surface area contributed by atoms with Crippen molar-refractivity contribution in [3.05, 3.63) is 203 Å². The Morgan fingerprint density at radius 1 is 0.514 bits per heavy atom. The van der Waals surface area contributed by atoms with Crippen LogP contribution in [0.5, 0.6) is 0 Å². The Hall–Kier alpha value is -12.3. The first-order chi connectivity index (χ1) is 56.5. The summed E-state index contributed by atoms with van der Waals surface area (Å²) in [5, 5.41) is 68.1. The number of nitrogens with one attached hydrogen (secondary N) is 9. The van der Waals surface area contributed by atoms with Crippen molar-refractivity contribution >= 4 is 127 Å². The van der Waals surface area contributed by atoms with Crippen LogP contribution in [0.2, 0.25) is 25.6 Å². The fourth-order valence-corrected chi connectivity index (χ4v) is 10.4. The zero-order valence-electron chi connectivity index (χ0n) is 71.3. The lowest BCUT2D eigenvalue weighted by Crippen LogP contribution is -2.22. The Morgan fingerprint density at radius 3 is 1.37 bits per heavy atom. The second kappa shape index (κ2) is 37.8. The first-order valence-electron chi connectivity index (χ1n) is 37.8. The van der Waals surface area contributed by atoms with Crippen LogP contribution in [-0.2, 0) is 18.9 Å². The molecule has 2 aliphatic carbocycles. The van der Waals surface area contributed by atoms with Crippen LogP contribution in [0.1, 0.15) is 124 Å². The van der Waals surface area contributed by atoms with Gasteiger partial charge >= 0.3 is 0 Å². The van der Waals surface area contributed by atoms with E-state index in [1.807, 2.05) is 100.0 Å². The first kappa shape index (κ1) is 66.1. The number of hydrogen-bond donors (Lipinski definition) is 11. The molecule has 13 rings (SSSR count). The Kier molecular flexibility index (Phi) is 22.9. The SMILES string of the molecule is Cc1nc(-c2cccc(N)c2C)n[nH]1.NC(=O)C1CC1.[2H]C([2H])([2H])NC(=O)c1nnc(Cl)cc1Cl.[2H]C([2H])([2H])NC(=O)c1nnc(Cl)cc1NC1=C[C+]=CC(c2nc(C)n(C)n2)=C1C.[2H]C([2H])([2H])NC(=O)c1nnc(Cl)cc1Nc1cccc(-c2n[nH]c(C)n2)c1C.[2H]C([2H])([2H])NC(=O)c1nnc(Cl)cc1Nc1cccc(-c2nc(C)nn2C)c1C. The van der Waals surface area contributed by atoms with Crippen molar-refractivity contribution in [2.75, 3.05) is 49.6 Å². The summed E-state index contributed by atoms with van der Waals surface area (Å²) >= 11 is 28.8. The highest BCUT2D eigenvalue weighted by Gasteiger charge is 2.28. The predicted octanol–water partition coefficient (Wildman–Crippen LogP) is 10.0. The Bertz CT molecular complexity index is 5750. The lowest BCUT2D eigenvalue weighted by molar-refractivity contribution is -0.119. The number of allylic oxidation sites excluding steroid dienone is 5. The fourth-order valence-electron chi connectivity index (χ4n) is 9.54. The summed E-state index contributed by atoms with van der Waals surface area (Å²) in [5.74, 6) is 1.84. The second-order valence-corrected chi connectivity index (χ2v) is 25.1. The van der Waals surface area contributed by atoms with Gasteiger partial charge in [0.25, 0.3) is 23.6 Å². The zero-order chi connectivity index (χ0) is 89.5. The van der Waals surface area contributed by atoms with Gasteiger partial charge < -0.3 is 43.4 Å². The number of aryl methyl sites for hydroxylation is 6. The quantitative estimate of drug-likeness (QED) is 0.0336. The van der Waals surface area contributed by atoms with Crippen LogP contribution >= 0.6 is 58.0 Å². The maximum atomic E-state index is 12.3. The first-order valence-corrected chi connectivity index (χ1v) is 33.7. The van der Waals surface area contributed by atoms with Gasteiger partial charge in [-0.1, -0.05) is 94.4 Å². The third-order valence-corrected chi connectivity index (χ3v) is 16.5. The highest BCUT2D eigenvalue weighted by atomic mass is 35.5. The van der Waals surface area contributed by atoms with E-state index in [0.29, 0.717) is 52.0 Å². The van der Waals surface area contributed by atoms with Crippen molar-refractivity contribution in [2.24, 2.45) is 25.7 Å². The summed E-state index contributed by atoms with van der Waals surface area (Å²) in [5.41, 5.74) is 19.9. The zero-order valence-corrected chi connectivity index (χ0v) is 63.1. The lowest BCUT2D eigenvalue weighted by atomic mass is 10.0.